The predicted octanol–water partition coefficient (Wildman–Crippen LogP) is 4.32. The van der Waals surface area contributed by atoms with Gasteiger partial charge in [-0.2, -0.15) is 0 Å². The Labute approximate surface area is 146 Å². The fourth-order valence-corrected chi connectivity index (χ4v) is 3.84. The third kappa shape index (κ3) is 5.77. The van der Waals surface area contributed by atoms with Crippen LogP contribution < -0.4 is 4.72 Å². The van der Waals surface area contributed by atoms with Crippen LogP contribution in [-0.4, -0.2) is 15.0 Å². The average molecular weight is 346 g/mol. The molecular weight excluding hydrogens is 318 g/mol. The molecule has 0 aromatic heterocycles. The number of hydrogen-bond donors (Lipinski definition) is 1. The lowest BCUT2D eigenvalue weighted by Crippen LogP contribution is -2.34. The van der Waals surface area contributed by atoms with Gasteiger partial charge in [0, 0.05) is 6.54 Å². The molecule has 0 bridgehead atoms. The lowest BCUT2D eigenvalue weighted by atomic mass is 9.87. The molecule has 2 aromatic rings. The van der Waals surface area contributed by atoms with E-state index < -0.39 is 10.0 Å². The highest BCUT2D eigenvalue weighted by atomic mass is 32.2. The van der Waals surface area contributed by atoms with Crippen LogP contribution in [0.15, 0.2) is 59.5 Å². The molecule has 0 radical (unpaired) electrons. The van der Waals surface area contributed by atoms with Crippen molar-refractivity contribution in [2.75, 3.05) is 6.54 Å². The van der Waals surface area contributed by atoms with Crippen molar-refractivity contribution >= 4 is 10.0 Å². The number of aryl methyl sites for hydroxylation is 2. The van der Waals surface area contributed by atoms with E-state index in [1.165, 1.54) is 5.56 Å². The molecule has 3 nitrogen and oxygen atoms in total. The minimum atomic E-state index is -3.44. The molecule has 2 rings (SSSR count). The Morgan fingerprint density at radius 3 is 2.21 bits per heavy atom. The van der Waals surface area contributed by atoms with E-state index in [2.05, 4.69) is 42.8 Å². The Kier molecular flexibility index (Phi) is 6.19. The molecule has 0 aliphatic carbocycles. The maximum atomic E-state index is 12.4. The van der Waals surface area contributed by atoms with Gasteiger partial charge in [0.2, 0.25) is 10.0 Å². The van der Waals surface area contributed by atoms with Crippen molar-refractivity contribution in [3.63, 3.8) is 0 Å². The van der Waals surface area contributed by atoms with Gasteiger partial charge in [0.1, 0.15) is 0 Å². The van der Waals surface area contributed by atoms with E-state index in [9.17, 15) is 8.42 Å². The van der Waals surface area contributed by atoms with Gasteiger partial charge in [0.25, 0.3) is 0 Å². The molecule has 24 heavy (non-hydrogen) atoms. The van der Waals surface area contributed by atoms with Gasteiger partial charge < -0.3 is 0 Å². The van der Waals surface area contributed by atoms with Crippen LogP contribution in [0.25, 0.3) is 0 Å². The van der Waals surface area contributed by atoms with Gasteiger partial charge in [0.15, 0.2) is 0 Å². The van der Waals surface area contributed by atoms with Gasteiger partial charge in [0.05, 0.1) is 4.90 Å². The van der Waals surface area contributed by atoms with Crippen LogP contribution in [0.2, 0.25) is 0 Å². The summed E-state index contributed by atoms with van der Waals surface area (Å²) >= 11 is 0. The molecule has 130 valence electrons. The lowest BCUT2D eigenvalue weighted by Gasteiger charge is -2.25. The lowest BCUT2D eigenvalue weighted by molar-refractivity contribution is 0.325. The summed E-state index contributed by atoms with van der Waals surface area (Å²) in [6.45, 7) is 6.60. The zero-order chi connectivity index (χ0) is 17.6. The molecule has 0 unspecified atom stereocenters. The van der Waals surface area contributed by atoms with Crippen LogP contribution >= 0.6 is 0 Å². The van der Waals surface area contributed by atoms with E-state index in [1.807, 2.05) is 25.1 Å². The Bertz CT molecular complexity index is 735. The van der Waals surface area contributed by atoms with Gasteiger partial charge in [-0.05, 0) is 49.3 Å². The van der Waals surface area contributed by atoms with E-state index in [-0.39, 0.29) is 5.41 Å². The number of sulfonamides is 1. The van der Waals surface area contributed by atoms with Crippen LogP contribution in [0.3, 0.4) is 0 Å². The van der Waals surface area contributed by atoms with Crippen LogP contribution in [-0.2, 0) is 16.4 Å². The van der Waals surface area contributed by atoms with Crippen molar-refractivity contribution in [3.05, 3.63) is 65.7 Å². The fraction of sp³-hybridized carbons (Fsp3) is 0.400. The zero-order valence-corrected chi connectivity index (χ0v) is 15.6. The number of rotatable bonds is 8. The Morgan fingerprint density at radius 2 is 1.58 bits per heavy atom. The summed E-state index contributed by atoms with van der Waals surface area (Å²) in [7, 11) is -3.44. The van der Waals surface area contributed by atoms with Crippen molar-refractivity contribution in [3.8, 4) is 0 Å². The number of benzene rings is 2. The molecule has 0 saturated heterocycles. The summed E-state index contributed by atoms with van der Waals surface area (Å²) in [6.07, 6.45) is 3.04. The van der Waals surface area contributed by atoms with Gasteiger partial charge in [-0.15, -0.1) is 0 Å². The minimum absolute atomic E-state index is 0.0768. The third-order valence-corrected chi connectivity index (χ3v) is 5.65. The maximum absolute atomic E-state index is 12.4. The second-order valence-electron chi connectivity index (χ2n) is 7.14. The predicted molar refractivity (Wildman–Crippen MR) is 99.5 cm³/mol. The SMILES string of the molecule is Cc1ccc(S(=O)(=O)NCC(C)(C)CCCc2ccccc2)cc1. The van der Waals surface area contributed by atoms with Crippen LogP contribution in [0, 0.1) is 12.3 Å². The molecule has 0 aliphatic heterocycles. The van der Waals surface area contributed by atoms with E-state index in [0.29, 0.717) is 11.4 Å². The van der Waals surface area contributed by atoms with Gasteiger partial charge in [-0.25, -0.2) is 13.1 Å². The van der Waals surface area contributed by atoms with Crippen LogP contribution in [0.1, 0.15) is 37.8 Å². The van der Waals surface area contributed by atoms with Gasteiger partial charge >= 0.3 is 0 Å². The molecular formula is C20H27NO2S. The van der Waals surface area contributed by atoms with E-state index in [4.69, 9.17) is 0 Å². The zero-order valence-electron chi connectivity index (χ0n) is 14.7. The molecule has 0 fully saturated rings. The monoisotopic (exact) mass is 345 g/mol. The normalized spacial score (nSPS) is 12.3. The topological polar surface area (TPSA) is 46.2 Å². The average Bonchev–Trinajstić information content (AvgIpc) is 2.55. The molecule has 0 spiro atoms. The van der Waals surface area contributed by atoms with E-state index in [0.717, 1.165) is 24.8 Å². The van der Waals surface area contributed by atoms with Crippen molar-refractivity contribution in [2.45, 2.75) is 44.9 Å². The number of nitrogens with one attached hydrogen (secondary N) is 1. The maximum Gasteiger partial charge on any atom is 0.240 e. The molecule has 0 atom stereocenters. The summed E-state index contributed by atoms with van der Waals surface area (Å²) in [4.78, 5) is 0.327. The Hall–Kier alpha value is -1.65. The molecule has 0 amide bonds. The van der Waals surface area contributed by atoms with Crippen molar-refractivity contribution < 1.29 is 8.42 Å². The first-order chi connectivity index (χ1) is 11.3. The smallest absolute Gasteiger partial charge is 0.211 e. The highest BCUT2D eigenvalue weighted by Gasteiger charge is 2.22. The first-order valence-corrected chi connectivity index (χ1v) is 9.87. The summed E-state index contributed by atoms with van der Waals surface area (Å²) in [5, 5.41) is 0. The molecule has 0 saturated carbocycles. The summed E-state index contributed by atoms with van der Waals surface area (Å²) in [6, 6.07) is 17.3. The van der Waals surface area contributed by atoms with Crippen molar-refractivity contribution in [2.24, 2.45) is 5.41 Å². The van der Waals surface area contributed by atoms with Crippen molar-refractivity contribution in [1.29, 1.82) is 0 Å². The van der Waals surface area contributed by atoms with E-state index in [1.54, 1.807) is 12.1 Å². The Morgan fingerprint density at radius 1 is 0.958 bits per heavy atom. The Balaban J connectivity index is 1.86. The molecule has 2 aromatic carbocycles. The first kappa shape index (κ1) is 18.7. The van der Waals surface area contributed by atoms with Gasteiger partial charge in [-0.1, -0.05) is 61.9 Å². The summed E-state index contributed by atoms with van der Waals surface area (Å²) < 4.78 is 27.5. The fourth-order valence-electron chi connectivity index (χ4n) is 2.60. The highest BCUT2D eigenvalue weighted by molar-refractivity contribution is 7.89. The molecule has 1 N–H and O–H groups in total. The molecule has 4 heteroatoms. The largest absolute Gasteiger partial charge is 0.240 e. The first-order valence-electron chi connectivity index (χ1n) is 8.39. The molecule has 0 heterocycles. The van der Waals surface area contributed by atoms with Crippen LogP contribution in [0.5, 0.6) is 0 Å². The number of hydrogen-bond acceptors (Lipinski definition) is 2. The summed E-state index contributed by atoms with van der Waals surface area (Å²) in [5.41, 5.74) is 2.30. The summed E-state index contributed by atoms with van der Waals surface area (Å²) in [5.74, 6) is 0. The minimum Gasteiger partial charge on any atom is -0.211 e. The second-order valence-corrected chi connectivity index (χ2v) is 8.91. The van der Waals surface area contributed by atoms with E-state index >= 15 is 0 Å². The quantitative estimate of drug-likeness (QED) is 0.774. The molecule has 0 aliphatic rings. The van der Waals surface area contributed by atoms with Gasteiger partial charge in [-0.3, -0.25) is 0 Å². The highest BCUT2D eigenvalue weighted by Crippen LogP contribution is 2.23. The second kappa shape index (κ2) is 7.95. The van der Waals surface area contributed by atoms with Crippen molar-refractivity contribution in [1.82, 2.24) is 4.72 Å². The van der Waals surface area contributed by atoms with Crippen LogP contribution in [0.4, 0.5) is 0 Å². The standard InChI is InChI=1S/C20H27NO2S/c1-17-11-13-19(14-12-17)24(22,23)21-16-20(2,3)15-7-10-18-8-5-4-6-9-18/h4-6,8-9,11-14,21H,7,10,15-16H2,1-3H3. The third-order valence-electron chi connectivity index (χ3n) is 4.23.